The molecule has 0 unspecified atom stereocenters. The van der Waals surface area contributed by atoms with Crippen molar-refractivity contribution in [2.45, 2.75) is 39.5 Å². The molecule has 3 heterocycles. The van der Waals surface area contributed by atoms with Crippen molar-refractivity contribution < 1.29 is 9.05 Å². The molecule has 0 amide bonds. The number of fused-ring (bicyclic) bond motifs is 1. The molecule has 0 fully saturated rings. The van der Waals surface area contributed by atoms with Crippen LogP contribution in [0.1, 0.15) is 34.7 Å². The second kappa shape index (κ2) is 4.80. The first-order chi connectivity index (χ1) is 10.2. The van der Waals surface area contributed by atoms with Gasteiger partial charge in [-0.3, -0.25) is 0 Å². The Morgan fingerprint density at radius 3 is 2.76 bits per heavy atom. The lowest BCUT2D eigenvalue weighted by Crippen LogP contribution is -1.99. The molecule has 0 atom stereocenters. The van der Waals surface area contributed by atoms with Gasteiger partial charge in [-0.1, -0.05) is 10.3 Å². The third-order valence-electron chi connectivity index (χ3n) is 3.97. The van der Waals surface area contributed by atoms with E-state index in [0.717, 1.165) is 23.2 Å². The minimum absolute atomic E-state index is 0.553. The molecule has 6 heteroatoms. The van der Waals surface area contributed by atoms with Crippen LogP contribution in [0.2, 0.25) is 0 Å². The highest BCUT2D eigenvalue weighted by Gasteiger charge is 2.23. The number of aromatic nitrogens is 3. The fourth-order valence-corrected chi connectivity index (χ4v) is 4.03. The van der Waals surface area contributed by atoms with Gasteiger partial charge in [0.25, 0.3) is 5.89 Å². The van der Waals surface area contributed by atoms with Crippen molar-refractivity contribution in [1.29, 1.82) is 0 Å². The zero-order valence-electron chi connectivity index (χ0n) is 12.0. The molecule has 0 aromatic carbocycles. The first-order valence-corrected chi connectivity index (χ1v) is 7.98. The fraction of sp³-hybridized carbons (Fsp3) is 0.400. The van der Waals surface area contributed by atoms with Gasteiger partial charge in [-0.2, -0.15) is 4.98 Å². The average molecular weight is 301 g/mol. The molecular weight excluding hydrogens is 286 g/mol. The Morgan fingerprint density at radius 2 is 1.95 bits per heavy atom. The molecule has 0 bridgehead atoms. The van der Waals surface area contributed by atoms with Crippen LogP contribution in [0.3, 0.4) is 0 Å². The first-order valence-electron chi connectivity index (χ1n) is 7.10. The number of aryl methyl sites for hydroxylation is 3. The zero-order chi connectivity index (χ0) is 14.4. The number of rotatable bonds is 2. The molecule has 0 saturated heterocycles. The standard InChI is InChI=1S/C15H15N3O2S/c1-8-13(9(2)19-17-8)14-16-15(20-18-14)11-7-21-12-6-4-3-5-10(11)12/h7H,3-6H2,1-2H3. The van der Waals surface area contributed by atoms with Crippen molar-refractivity contribution in [2.75, 3.05) is 0 Å². The smallest absolute Gasteiger partial charge is 0.259 e. The van der Waals surface area contributed by atoms with Crippen LogP contribution < -0.4 is 0 Å². The van der Waals surface area contributed by atoms with Crippen LogP contribution in [0.5, 0.6) is 0 Å². The van der Waals surface area contributed by atoms with Crippen LogP contribution in [-0.4, -0.2) is 15.3 Å². The number of thiophene rings is 1. The van der Waals surface area contributed by atoms with E-state index in [9.17, 15) is 0 Å². The number of nitrogens with zero attached hydrogens (tertiary/aromatic N) is 3. The van der Waals surface area contributed by atoms with Gasteiger partial charge in [0.05, 0.1) is 16.8 Å². The first kappa shape index (κ1) is 12.8. The van der Waals surface area contributed by atoms with E-state index in [0.29, 0.717) is 17.5 Å². The summed E-state index contributed by atoms with van der Waals surface area (Å²) in [6, 6.07) is 0. The zero-order valence-corrected chi connectivity index (χ0v) is 12.8. The Morgan fingerprint density at radius 1 is 1.10 bits per heavy atom. The van der Waals surface area contributed by atoms with Crippen molar-refractivity contribution in [3.63, 3.8) is 0 Å². The summed E-state index contributed by atoms with van der Waals surface area (Å²) < 4.78 is 10.7. The van der Waals surface area contributed by atoms with Crippen LogP contribution in [-0.2, 0) is 12.8 Å². The molecule has 0 N–H and O–H groups in total. The summed E-state index contributed by atoms with van der Waals surface area (Å²) in [6.07, 6.45) is 4.80. The van der Waals surface area contributed by atoms with Gasteiger partial charge in [-0.15, -0.1) is 11.3 Å². The lowest BCUT2D eigenvalue weighted by atomic mass is 9.96. The molecule has 0 radical (unpaired) electrons. The predicted molar refractivity (Wildman–Crippen MR) is 79.2 cm³/mol. The quantitative estimate of drug-likeness (QED) is 0.717. The summed E-state index contributed by atoms with van der Waals surface area (Å²) in [7, 11) is 0. The van der Waals surface area contributed by atoms with E-state index in [2.05, 4.69) is 20.7 Å². The summed E-state index contributed by atoms with van der Waals surface area (Å²) >= 11 is 1.80. The molecule has 1 aliphatic rings. The lowest BCUT2D eigenvalue weighted by Gasteiger charge is -2.10. The average Bonchev–Trinajstić information content (AvgIpc) is 3.17. The molecule has 108 valence electrons. The number of hydrogen-bond donors (Lipinski definition) is 0. The molecule has 0 aliphatic heterocycles. The van der Waals surface area contributed by atoms with Gasteiger partial charge in [0.15, 0.2) is 0 Å². The highest BCUT2D eigenvalue weighted by molar-refractivity contribution is 7.10. The topological polar surface area (TPSA) is 65.0 Å². The monoisotopic (exact) mass is 301 g/mol. The second-order valence-electron chi connectivity index (χ2n) is 5.38. The van der Waals surface area contributed by atoms with Gasteiger partial charge in [-0.25, -0.2) is 0 Å². The predicted octanol–water partition coefficient (Wildman–Crippen LogP) is 3.95. The van der Waals surface area contributed by atoms with E-state index in [1.165, 1.54) is 29.7 Å². The van der Waals surface area contributed by atoms with Gasteiger partial charge in [0.2, 0.25) is 5.82 Å². The fourth-order valence-electron chi connectivity index (χ4n) is 2.91. The van der Waals surface area contributed by atoms with Crippen LogP contribution in [0, 0.1) is 13.8 Å². The van der Waals surface area contributed by atoms with Crippen LogP contribution in [0.25, 0.3) is 22.8 Å². The highest BCUT2D eigenvalue weighted by atomic mass is 32.1. The van der Waals surface area contributed by atoms with Gasteiger partial charge in [-0.05, 0) is 45.1 Å². The van der Waals surface area contributed by atoms with Gasteiger partial charge in [0.1, 0.15) is 5.76 Å². The summed E-state index contributed by atoms with van der Waals surface area (Å²) in [5, 5.41) is 10.2. The van der Waals surface area contributed by atoms with E-state index in [-0.39, 0.29) is 0 Å². The Hall–Kier alpha value is -1.95. The third kappa shape index (κ3) is 2.01. The van der Waals surface area contributed by atoms with E-state index in [1.54, 1.807) is 11.3 Å². The molecule has 1 aliphatic carbocycles. The van der Waals surface area contributed by atoms with Crippen molar-refractivity contribution in [2.24, 2.45) is 0 Å². The molecule has 3 aromatic heterocycles. The van der Waals surface area contributed by atoms with Crippen LogP contribution in [0.4, 0.5) is 0 Å². The lowest BCUT2D eigenvalue weighted by molar-refractivity contribution is 0.393. The molecule has 0 spiro atoms. The van der Waals surface area contributed by atoms with Crippen LogP contribution >= 0.6 is 11.3 Å². The van der Waals surface area contributed by atoms with E-state index >= 15 is 0 Å². The van der Waals surface area contributed by atoms with Crippen molar-refractivity contribution >= 4 is 11.3 Å². The third-order valence-corrected chi connectivity index (χ3v) is 5.06. The van der Waals surface area contributed by atoms with Crippen molar-refractivity contribution in [3.8, 4) is 22.8 Å². The van der Waals surface area contributed by atoms with E-state index in [1.807, 2.05) is 13.8 Å². The SMILES string of the molecule is Cc1noc(C)c1-c1noc(-c2csc3c2CCCC3)n1. The molecule has 21 heavy (non-hydrogen) atoms. The largest absolute Gasteiger partial charge is 0.361 e. The Labute approximate surface area is 126 Å². The number of hydrogen-bond acceptors (Lipinski definition) is 6. The van der Waals surface area contributed by atoms with Gasteiger partial charge < -0.3 is 9.05 Å². The molecule has 5 nitrogen and oxygen atoms in total. The van der Waals surface area contributed by atoms with Crippen molar-refractivity contribution in [3.05, 3.63) is 27.3 Å². The van der Waals surface area contributed by atoms with Crippen LogP contribution in [0.15, 0.2) is 14.4 Å². The molecule has 0 saturated carbocycles. The van der Waals surface area contributed by atoms with E-state index < -0.39 is 0 Å². The maximum absolute atomic E-state index is 5.49. The summed E-state index contributed by atoms with van der Waals surface area (Å²) in [4.78, 5) is 6.02. The summed E-state index contributed by atoms with van der Waals surface area (Å²) in [6.45, 7) is 3.74. The minimum atomic E-state index is 0.553. The Balaban J connectivity index is 1.77. The molecule has 3 aromatic rings. The Bertz CT molecular complexity index is 780. The molecular formula is C15H15N3O2S. The normalized spacial score (nSPS) is 14.4. The summed E-state index contributed by atoms with van der Waals surface area (Å²) in [5.41, 5.74) is 4.10. The van der Waals surface area contributed by atoms with E-state index in [4.69, 9.17) is 9.05 Å². The maximum atomic E-state index is 5.49. The van der Waals surface area contributed by atoms with Gasteiger partial charge in [0, 0.05) is 10.3 Å². The maximum Gasteiger partial charge on any atom is 0.259 e. The highest BCUT2D eigenvalue weighted by Crippen LogP contribution is 2.36. The van der Waals surface area contributed by atoms with Crippen molar-refractivity contribution in [1.82, 2.24) is 15.3 Å². The molecule has 4 rings (SSSR count). The second-order valence-corrected chi connectivity index (χ2v) is 6.34. The summed E-state index contributed by atoms with van der Waals surface area (Å²) in [5.74, 6) is 1.87. The minimum Gasteiger partial charge on any atom is -0.361 e. The van der Waals surface area contributed by atoms with Gasteiger partial charge >= 0.3 is 0 Å². The Kier molecular flexibility index (Phi) is 2.92.